The summed E-state index contributed by atoms with van der Waals surface area (Å²) in [5.41, 5.74) is 0. The molecular weight excluding hydrogens is 96.1 g/mol. The Morgan fingerprint density at radius 2 is 1.62 bits per heavy atom. The van der Waals surface area contributed by atoms with Crippen molar-refractivity contribution in [3.8, 4) is 0 Å². The summed E-state index contributed by atoms with van der Waals surface area (Å²) in [6.45, 7) is 4.34. The molecule has 0 radical (unpaired) electrons. The number of hydrogen-bond acceptors (Lipinski definition) is 0. The number of rotatable bonds is 0. The molecule has 1 fully saturated rings. The molecule has 0 unspecified atom stereocenters. The van der Waals surface area contributed by atoms with Crippen LogP contribution in [-0.2, 0) is 0 Å². The molecule has 0 heterocycles. The van der Waals surface area contributed by atoms with Gasteiger partial charge in [0, 0.05) is 1.37 Å². The van der Waals surface area contributed by atoms with Crippen LogP contribution in [0.25, 0.3) is 0 Å². The summed E-state index contributed by atoms with van der Waals surface area (Å²) in [5, 5.41) is 0. The molecule has 8 heavy (non-hydrogen) atoms. The predicted molar refractivity (Wildman–Crippen MR) is 36.8 cm³/mol. The van der Waals surface area contributed by atoms with Crippen molar-refractivity contribution in [1.29, 1.82) is 0 Å². The van der Waals surface area contributed by atoms with E-state index in [4.69, 9.17) is 1.37 Å². The standard InChI is InChI=1S/C8H16/c1-7-3-5-8(2)6-4-7/h7-8H,3-6H2,1-2H3/i7D. The number of hydrogen-bond donors (Lipinski definition) is 0. The van der Waals surface area contributed by atoms with Gasteiger partial charge in [-0.25, -0.2) is 0 Å². The molecule has 0 N–H and O–H groups in total. The first-order valence-electron chi connectivity index (χ1n) is 4.10. The van der Waals surface area contributed by atoms with Crippen LogP contribution < -0.4 is 0 Å². The first-order valence-corrected chi connectivity index (χ1v) is 3.60. The molecule has 0 nitrogen and oxygen atoms in total. The highest BCUT2D eigenvalue weighted by Crippen LogP contribution is 2.27. The SMILES string of the molecule is [2H]C1(C)CCC(C)CC1. The maximum absolute atomic E-state index is 7.72. The summed E-state index contributed by atoms with van der Waals surface area (Å²) in [4.78, 5) is 0. The molecule has 1 rings (SSSR count). The summed E-state index contributed by atoms with van der Waals surface area (Å²) < 4.78 is 7.72. The van der Waals surface area contributed by atoms with Crippen molar-refractivity contribution >= 4 is 0 Å². The average Bonchev–Trinajstić information content (AvgIpc) is 1.78. The van der Waals surface area contributed by atoms with Gasteiger partial charge in [-0.15, -0.1) is 0 Å². The predicted octanol–water partition coefficient (Wildman–Crippen LogP) is 2.83. The zero-order chi connectivity index (χ0) is 6.91. The molecule has 0 aromatic rings. The van der Waals surface area contributed by atoms with E-state index in [1.807, 2.05) is 0 Å². The molecule has 48 valence electrons. The van der Waals surface area contributed by atoms with Crippen molar-refractivity contribution in [2.45, 2.75) is 39.5 Å². The topological polar surface area (TPSA) is 0 Å². The highest BCUT2D eigenvalue weighted by atomic mass is 14.2. The lowest BCUT2D eigenvalue weighted by Crippen LogP contribution is -2.08. The molecule has 1 aliphatic carbocycles. The van der Waals surface area contributed by atoms with Crippen LogP contribution in [0.2, 0.25) is 0 Å². The summed E-state index contributed by atoms with van der Waals surface area (Å²) in [6.07, 6.45) is 4.74. The zero-order valence-electron chi connectivity index (χ0n) is 6.91. The summed E-state index contributed by atoms with van der Waals surface area (Å²) in [6, 6.07) is 0. The fourth-order valence-corrected chi connectivity index (χ4v) is 1.25. The molecule has 0 aliphatic heterocycles. The molecule has 0 saturated heterocycles. The molecule has 0 spiro atoms. The molecule has 0 aromatic carbocycles. The van der Waals surface area contributed by atoms with Crippen molar-refractivity contribution in [1.82, 2.24) is 0 Å². The minimum Gasteiger partial charge on any atom is -0.0625 e. The highest BCUT2D eigenvalue weighted by Gasteiger charge is 2.13. The molecule has 0 amide bonds. The lowest BCUT2D eigenvalue weighted by Gasteiger charge is -2.22. The van der Waals surface area contributed by atoms with Gasteiger partial charge in [-0.2, -0.15) is 0 Å². The van der Waals surface area contributed by atoms with Crippen LogP contribution in [0.15, 0.2) is 0 Å². The van der Waals surface area contributed by atoms with Gasteiger partial charge in [0.25, 0.3) is 0 Å². The van der Waals surface area contributed by atoms with E-state index in [2.05, 4.69) is 13.8 Å². The Bertz CT molecular complexity index is 86.7. The van der Waals surface area contributed by atoms with Crippen LogP contribution in [0.1, 0.15) is 40.9 Å². The Hall–Kier alpha value is 0. The molecular formula is C8H16. The summed E-state index contributed by atoms with van der Waals surface area (Å²) in [5.74, 6) is 0.787. The zero-order valence-corrected chi connectivity index (χ0v) is 5.91. The second kappa shape index (κ2) is 2.52. The Balaban J connectivity index is 2.35. The van der Waals surface area contributed by atoms with Crippen LogP contribution >= 0.6 is 0 Å². The second-order valence-electron chi connectivity index (χ2n) is 3.14. The normalized spacial score (nSPS) is 50.8. The Morgan fingerprint density at radius 1 is 1.12 bits per heavy atom. The van der Waals surface area contributed by atoms with Gasteiger partial charge in [0.05, 0.1) is 0 Å². The van der Waals surface area contributed by atoms with E-state index in [0.29, 0.717) is 0 Å². The fraction of sp³-hybridized carbons (Fsp3) is 1.00. The van der Waals surface area contributed by atoms with Crippen LogP contribution in [0, 0.1) is 11.8 Å². The van der Waals surface area contributed by atoms with E-state index in [0.717, 1.165) is 18.8 Å². The third kappa shape index (κ3) is 1.50. The van der Waals surface area contributed by atoms with Crippen molar-refractivity contribution < 1.29 is 1.37 Å². The molecule has 1 aliphatic rings. The molecule has 0 aromatic heterocycles. The fourth-order valence-electron chi connectivity index (χ4n) is 1.25. The van der Waals surface area contributed by atoms with Gasteiger partial charge >= 0.3 is 0 Å². The largest absolute Gasteiger partial charge is 0.0625 e. The Kier molecular flexibility index (Phi) is 1.52. The monoisotopic (exact) mass is 113 g/mol. The minimum atomic E-state index is -0.0908. The molecule has 0 bridgehead atoms. The van der Waals surface area contributed by atoms with E-state index >= 15 is 0 Å². The quantitative estimate of drug-likeness (QED) is 0.453. The summed E-state index contributed by atoms with van der Waals surface area (Å²) in [7, 11) is 0. The minimum absolute atomic E-state index is 0.0908. The Morgan fingerprint density at radius 3 is 2.00 bits per heavy atom. The van der Waals surface area contributed by atoms with E-state index < -0.39 is 0 Å². The highest BCUT2D eigenvalue weighted by molar-refractivity contribution is 4.65. The second-order valence-corrected chi connectivity index (χ2v) is 3.14. The van der Waals surface area contributed by atoms with Crippen LogP contribution in [0.4, 0.5) is 0 Å². The molecule has 0 atom stereocenters. The first-order chi connectivity index (χ1) is 4.10. The van der Waals surface area contributed by atoms with Gasteiger partial charge in [0.2, 0.25) is 0 Å². The van der Waals surface area contributed by atoms with E-state index in [9.17, 15) is 0 Å². The van der Waals surface area contributed by atoms with Crippen LogP contribution in [0.5, 0.6) is 0 Å². The summed E-state index contributed by atoms with van der Waals surface area (Å²) >= 11 is 0. The van der Waals surface area contributed by atoms with Crippen molar-refractivity contribution in [3.63, 3.8) is 0 Å². The van der Waals surface area contributed by atoms with Gasteiger partial charge in [-0.05, 0) is 11.8 Å². The average molecular weight is 113 g/mol. The van der Waals surface area contributed by atoms with Gasteiger partial charge in [-0.1, -0.05) is 39.5 Å². The van der Waals surface area contributed by atoms with E-state index in [1.54, 1.807) is 0 Å². The van der Waals surface area contributed by atoms with E-state index in [-0.39, 0.29) is 5.89 Å². The van der Waals surface area contributed by atoms with Crippen molar-refractivity contribution in [2.75, 3.05) is 0 Å². The van der Waals surface area contributed by atoms with Gasteiger partial charge in [0.1, 0.15) is 0 Å². The van der Waals surface area contributed by atoms with E-state index in [1.165, 1.54) is 12.8 Å². The first kappa shape index (κ1) is 4.84. The van der Waals surface area contributed by atoms with Crippen molar-refractivity contribution in [3.05, 3.63) is 0 Å². The van der Waals surface area contributed by atoms with Crippen LogP contribution in [0.3, 0.4) is 0 Å². The third-order valence-corrected chi connectivity index (χ3v) is 2.13. The maximum Gasteiger partial charge on any atom is 0.0300 e. The molecule has 1 saturated carbocycles. The van der Waals surface area contributed by atoms with Crippen LogP contribution in [-0.4, -0.2) is 0 Å². The lowest BCUT2D eigenvalue weighted by molar-refractivity contribution is 0.308. The maximum atomic E-state index is 7.72. The van der Waals surface area contributed by atoms with Gasteiger partial charge in [0.15, 0.2) is 0 Å². The molecule has 0 heteroatoms. The van der Waals surface area contributed by atoms with Gasteiger partial charge < -0.3 is 0 Å². The lowest BCUT2D eigenvalue weighted by atomic mass is 9.84. The Labute approximate surface area is 53.7 Å². The third-order valence-electron chi connectivity index (χ3n) is 2.13. The van der Waals surface area contributed by atoms with Gasteiger partial charge in [-0.3, -0.25) is 0 Å². The smallest absolute Gasteiger partial charge is 0.0300 e. The van der Waals surface area contributed by atoms with Crippen molar-refractivity contribution in [2.24, 2.45) is 11.8 Å².